The normalized spacial score (nSPS) is 14.7. The Balaban J connectivity index is 1.25. The van der Waals surface area contributed by atoms with Gasteiger partial charge in [0, 0.05) is 29.9 Å². The molecule has 0 aliphatic carbocycles. The number of benzene rings is 2. The molecule has 1 aliphatic heterocycles. The van der Waals surface area contributed by atoms with Gasteiger partial charge in [-0.3, -0.25) is 4.79 Å². The molecule has 1 fully saturated rings. The highest BCUT2D eigenvalue weighted by atomic mass is 32.1. The van der Waals surface area contributed by atoms with E-state index in [9.17, 15) is 4.79 Å². The quantitative estimate of drug-likeness (QED) is 0.508. The van der Waals surface area contributed by atoms with E-state index in [1.807, 2.05) is 42.5 Å². The molecule has 8 heteroatoms. The largest absolute Gasteiger partial charge is 0.355 e. The van der Waals surface area contributed by atoms with Gasteiger partial charge in [-0.05, 0) is 61.2 Å². The second-order valence-electron chi connectivity index (χ2n) is 7.95. The predicted molar refractivity (Wildman–Crippen MR) is 123 cm³/mol. The summed E-state index contributed by atoms with van der Waals surface area (Å²) in [4.78, 5) is 14.9. The van der Waals surface area contributed by atoms with Crippen molar-refractivity contribution >= 4 is 40.2 Å². The molecule has 0 atom stereocenters. The van der Waals surface area contributed by atoms with E-state index in [4.69, 9.17) is 0 Å². The third-order valence-corrected chi connectivity index (χ3v) is 6.27. The summed E-state index contributed by atoms with van der Waals surface area (Å²) >= 11 is 1.14. The number of piperidine rings is 1. The average Bonchev–Trinajstić information content (AvgIpc) is 3.28. The van der Waals surface area contributed by atoms with Gasteiger partial charge >= 0.3 is 0 Å². The Morgan fingerprint density at radius 3 is 2.48 bits per heavy atom. The number of fused-ring (bicyclic) bond motifs is 1. The van der Waals surface area contributed by atoms with E-state index in [1.54, 1.807) is 12.1 Å². The Morgan fingerprint density at radius 1 is 0.968 bits per heavy atom. The number of hydrogen-bond acceptors (Lipinski definition) is 7. The maximum Gasteiger partial charge on any atom is 0.255 e. The Kier molecular flexibility index (Phi) is 5.30. The van der Waals surface area contributed by atoms with Crippen LogP contribution < -0.4 is 10.2 Å². The van der Waals surface area contributed by atoms with E-state index < -0.39 is 0 Å². The first-order chi connectivity index (χ1) is 15.2. The van der Waals surface area contributed by atoms with Crippen molar-refractivity contribution in [2.24, 2.45) is 5.92 Å². The number of hydrogen-bond donors (Lipinski definition) is 1. The van der Waals surface area contributed by atoms with Crippen molar-refractivity contribution < 1.29 is 4.79 Å². The van der Waals surface area contributed by atoms with Crippen molar-refractivity contribution in [1.82, 2.24) is 18.9 Å². The minimum atomic E-state index is -0.178. The molecule has 2 aromatic heterocycles. The number of rotatable bonds is 4. The second-order valence-corrected chi connectivity index (χ2v) is 8.47. The number of carbonyl (C=O) groups is 1. The summed E-state index contributed by atoms with van der Waals surface area (Å²) in [6.45, 7) is 4.38. The van der Waals surface area contributed by atoms with Crippen LogP contribution in [0.1, 0.15) is 30.1 Å². The minimum absolute atomic E-state index is 0.178. The Labute approximate surface area is 184 Å². The van der Waals surface area contributed by atoms with E-state index in [-0.39, 0.29) is 5.91 Å². The van der Waals surface area contributed by atoms with Gasteiger partial charge in [-0.15, -0.1) is 10.2 Å². The number of nitrogens with zero attached hydrogens (tertiary/aromatic N) is 5. The molecule has 4 aromatic rings. The number of carbonyl (C=O) groups excluding carboxylic acids is 1. The first-order valence-corrected chi connectivity index (χ1v) is 11.1. The molecule has 1 saturated heterocycles. The SMILES string of the molecule is CC1CCN(c2ccc(-c3ccc(NC(=O)c4ccc5nsnc5c4)cc3)nn2)CC1. The van der Waals surface area contributed by atoms with E-state index >= 15 is 0 Å². The van der Waals surface area contributed by atoms with Crippen molar-refractivity contribution in [2.75, 3.05) is 23.3 Å². The Hall–Kier alpha value is -3.39. The van der Waals surface area contributed by atoms with Gasteiger partial charge in [0.05, 0.1) is 17.4 Å². The lowest BCUT2D eigenvalue weighted by atomic mass is 9.99. The molecule has 1 N–H and O–H groups in total. The maximum absolute atomic E-state index is 12.6. The highest BCUT2D eigenvalue weighted by molar-refractivity contribution is 7.00. The van der Waals surface area contributed by atoms with E-state index in [2.05, 4.69) is 36.1 Å². The highest BCUT2D eigenvalue weighted by Crippen LogP contribution is 2.24. The number of nitrogens with one attached hydrogen (secondary N) is 1. The van der Waals surface area contributed by atoms with Crippen LogP contribution in [0.15, 0.2) is 54.6 Å². The lowest BCUT2D eigenvalue weighted by Crippen LogP contribution is -2.33. The van der Waals surface area contributed by atoms with Crippen LogP contribution in [0.2, 0.25) is 0 Å². The van der Waals surface area contributed by atoms with Crippen LogP contribution in [-0.2, 0) is 0 Å². The van der Waals surface area contributed by atoms with Crippen LogP contribution >= 0.6 is 11.7 Å². The van der Waals surface area contributed by atoms with Crippen LogP contribution in [0.25, 0.3) is 22.3 Å². The molecule has 7 nitrogen and oxygen atoms in total. The molecule has 0 saturated carbocycles. The molecule has 0 spiro atoms. The molecular weight excluding hydrogens is 408 g/mol. The molecule has 0 unspecified atom stereocenters. The molecule has 2 aromatic carbocycles. The van der Waals surface area contributed by atoms with Crippen molar-refractivity contribution in [3.63, 3.8) is 0 Å². The van der Waals surface area contributed by atoms with Crippen LogP contribution in [0.3, 0.4) is 0 Å². The van der Waals surface area contributed by atoms with Gasteiger partial charge in [-0.25, -0.2) is 0 Å². The zero-order chi connectivity index (χ0) is 21.2. The number of amides is 1. The van der Waals surface area contributed by atoms with Crippen molar-refractivity contribution in [1.29, 1.82) is 0 Å². The summed E-state index contributed by atoms with van der Waals surface area (Å²) in [5.74, 6) is 1.55. The van der Waals surface area contributed by atoms with E-state index in [1.165, 1.54) is 12.8 Å². The molecular formula is C23H22N6OS. The monoisotopic (exact) mass is 430 g/mol. The predicted octanol–water partition coefficient (Wildman–Crippen LogP) is 4.64. The summed E-state index contributed by atoms with van der Waals surface area (Å²) < 4.78 is 8.35. The third kappa shape index (κ3) is 4.25. The van der Waals surface area contributed by atoms with Gasteiger partial charge in [-0.1, -0.05) is 19.1 Å². The molecule has 1 amide bonds. The fourth-order valence-electron chi connectivity index (χ4n) is 3.74. The first kappa shape index (κ1) is 19.6. The topological polar surface area (TPSA) is 83.9 Å². The van der Waals surface area contributed by atoms with Crippen LogP contribution in [0, 0.1) is 5.92 Å². The van der Waals surface area contributed by atoms with Crippen LogP contribution in [-0.4, -0.2) is 37.9 Å². The summed E-state index contributed by atoms with van der Waals surface area (Å²) in [6, 6.07) is 17.0. The lowest BCUT2D eigenvalue weighted by molar-refractivity contribution is 0.102. The molecule has 5 rings (SSSR count). The zero-order valence-electron chi connectivity index (χ0n) is 17.2. The minimum Gasteiger partial charge on any atom is -0.355 e. The summed E-state index contributed by atoms with van der Waals surface area (Å²) in [7, 11) is 0. The van der Waals surface area contributed by atoms with Crippen LogP contribution in [0.5, 0.6) is 0 Å². The van der Waals surface area contributed by atoms with Crippen molar-refractivity contribution in [3.8, 4) is 11.3 Å². The number of anilines is 2. The zero-order valence-corrected chi connectivity index (χ0v) is 18.0. The third-order valence-electron chi connectivity index (χ3n) is 5.71. The first-order valence-electron chi connectivity index (χ1n) is 10.4. The molecule has 0 radical (unpaired) electrons. The number of aromatic nitrogens is 4. The van der Waals surface area contributed by atoms with Gasteiger partial charge in [-0.2, -0.15) is 8.75 Å². The molecule has 31 heavy (non-hydrogen) atoms. The summed E-state index contributed by atoms with van der Waals surface area (Å²) in [5, 5.41) is 11.8. The second kappa shape index (κ2) is 8.39. The summed E-state index contributed by atoms with van der Waals surface area (Å²) in [6.07, 6.45) is 2.40. The van der Waals surface area contributed by atoms with Crippen molar-refractivity contribution in [3.05, 3.63) is 60.2 Å². The van der Waals surface area contributed by atoms with Gasteiger partial charge in [0.2, 0.25) is 0 Å². The highest BCUT2D eigenvalue weighted by Gasteiger charge is 2.17. The maximum atomic E-state index is 12.6. The Bertz CT molecular complexity index is 1200. The standard InChI is InChI=1S/C23H22N6OS/c1-15-10-12-29(13-11-15)22-9-8-19(25-26-22)16-2-5-18(6-3-16)24-23(30)17-4-7-20-21(14-17)28-31-27-20/h2-9,14-15H,10-13H2,1H3,(H,24,30). The molecule has 3 heterocycles. The van der Waals surface area contributed by atoms with Gasteiger partial charge in [0.15, 0.2) is 5.82 Å². The fraction of sp³-hybridized carbons (Fsp3) is 0.261. The van der Waals surface area contributed by atoms with Crippen molar-refractivity contribution in [2.45, 2.75) is 19.8 Å². The van der Waals surface area contributed by atoms with Crippen LogP contribution in [0.4, 0.5) is 11.5 Å². The van der Waals surface area contributed by atoms with Gasteiger partial charge in [0.1, 0.15) is 11.0 Å². The lowest BCUT2D eigenvalue weighted by Gasteiger charge is -2.30. The van der Waals surface area contributed by atoms with Gasteiger partial charge in [0.25, 0.3) is 5.91 Å². The summed E-state index contributed by atoms with van der Waals surface area (Å²) in [5.41, 5.74) is 4.57. The fourth-order valence-corrected chi connectivity index (χ4v) is 4.25. The average molecular weight is 431 g/mol. The Morgan fingerprint density at radius 2 is 1.74 bits per heavy atom. The molecule has 0 bridgehead atoms. The van der Waals surface area contributed by atoms with Gasteiger partial charge < -0.3 is 10.2 Å². The van der Waals surface area contributed by atoms with E-state index in [0.29, 0.717) is 5.56 Å². The van der Waals surface area contributed by atoms with E-state index in [0.717, 1.165) is 64.5 Å². The smallest absolute Gasteiger partial charge is 0.255 e. The molecule has 156 valence electrons. The molecule has 1 aliphatic rings.